The van der Waals surface area contributed by atoms with Crippen LogP contribution in [0.2, 0.25) is 0 Å². The smallest absolute Gasteiger partial charge is 0.323 e. The van der Waals surface area contributed by atoms with Crippen molar-refractivity contribution in [2.24, 2.45) is 0 Å². The zero-order valence-corrected chi connectivity index (χ0v) is 12.1. The van der Waals surface area contributed by atoms with Crippen LogP contribution in [0.4, 0.5) is 0 Å². The zero-order valence-electron chi connectivity index (χ0n) is 12.1. The van der Waals surface area contributed by atoms with Crippen LogP contribution >= 0.6 is 0 Å². The van der Waals surface area contributed by atoms with Gasteiger partial charge >= 0.3 is 5.97 Å². The van der Waals surface area contributed by atoms with Crippen molar-refractivity contribution in [2.45, 2.75) is 31.7 Å². The second-order valence-electron chi connectivity index (χ2n) is 5.49. The first kappa shape index (κ1) is 15.0. The molecule has 1 aliphatic heterocycles. The van der Waals surface area contributed by atoms with Crippen molar-refractivity contribution in [1.82, 2.24) is 10.2 Å². The van der Waals surface area contributed by atoms with Gasteiger partial charge in [-0.15, -0.1) is 0 Å². The van der Waals surface area contributed by atoms with E-state index in [2.05, 4.69) is 34.5 Å². The number of nitrogens with zero attached hydrogens (tertiary/aromatic N) is 1. The van der Waals surface area contributed by atoms with Crippen LogP contribution in [0.15, 0.2) is 30.3 Å². The number of piperidine rings is 1. The summed E-state index contributed by atoms with van der Waals surface area (Å²) in [7, 11) is 0. The van der Waals surface area contributed by atoms with E-state index in [0.717, 1.165) is 26.1 Å². The summed E-state index contributed by atoms with van der Waals surface area (Å²) in [5, 5.41) is 12.6. The first-order valence-corrected chi connectivity index (χ1v) is 7.41. The van der Waals surface area contributed by atoms with Gasteiger partial charge in [0.05, 0.1) is 0 Å². The van der Waals surface area contributed by atoms with Gasteiger partial charge in [0, 0.05) is 19.6 Å². The van der Waals surface area contributed by atoms with Crippen LogP contribution < -0.4 is 5.32 Å². The third-order valence-electron chi connectivity index (χ3n) is 4.19. The Morgan fingerprint density at radius 2 is 1.95 bits per heavy atom. The largest absolute Gasteiger partial charge is 0.480 e. The summed E-state index contributed by atoms with van der Waals surface area (Å²) in [5.41, 5.74) is 0.632. The molecule has 0 bridgehead atoms. The SMILES string of the molecule is CCNC1(C(=O)O)CCN(CCc2ccccc2)CC1. The predicted molar refractivity (Wildman–Crippen MR) is 79.9 cm³/mol. The fraction of sp³-hybridized carbons (Fsp3) is 0.562. The maximum absolute atomic E-state index is 11.5. The summed E-state index contributed by atoms with van der Waals surface area (Å²) in [4.78, 5) is 13.8. The molecule has 0 aromatic heterocycles. The zero-order chi connectivity index (χ0) is 14.4. The maximum Gasteiger partial charge on any atom is 0.323 e. The molecule has 0 amide bonds. The van der Waals surface area contributed by atoms with Crippen LogP contribution in [0, 0.1) is 0 Å². The van der Waals surface area contributed by atoms with E-state index in [1.54, 1.807) is 0 Å². The van der Waals surface area contributed by atoms with E-state index in [1.807, 2.05) is 13.0 Å². The molecule has 1 aliphatic rings. The first-order chi connectivity index (χ1) is 9.66. The Morgan fingerprint density at radius 1 is 1.30 bits per heavy atom. The molecule has 1 aromatic rings. The number of carboxylic acids is 1. The second kappa shape index (κ2) is 6.86. The van der Waals surface area contributed by atoms with Crippen molar-refractivity contribution < 1.29 is 9.90 Å². The third kappa shape index (κ3) is 3.58. The average Bonchev–Trinajstić information content (AvgIpc) is 2.48. The Morgan fingerprint density at radius 3 is 2.50 bits per heavy atom. The first-order valence-electron chi connectivity index (χ1n) is 7.41. The number of nitrogens with one attached hydrogen (secondary N) is 1. The van der Waals surface area contributed by atoms with E-state index in [4.69, 9.17) is 0 Å². The van der Waals surface area contributed by atoms with E-state index in [1.165, 1.54) is 5.56 Å². The number of likely N-dealkylation sites (tertiary alicyclic amines) is 1. The van der Waals surface area contributed by atoms with Gasteiger partial charge in [0.2, 0.25) is 0 Å². The summed E-state index contributed by atoms with van der Waals surface area (Å²) in [6, 6.07) is 10.4. The highest BCUT2D eigenvalue weighted by Crippen LogP contribution is 2.22. The van der Waals surface area contributed by atoms with Crippen molar-refractivity contribution in [2.75, 3.05) is 26.2 Å². The Hall–Kier alpha value is -1.39. The van der Waals surface area contributed by atoms with Gasteiger partial charge < -0.3 is 15.3 Å². The van der Waals surface area contributed by atoms with Gasteiger partial charge in [-0.05, 0) is 31.4 Å². The minimum absolute atomic E-state index is 0.685. The molecule has 1 saturated heterocycles. The number of likely N-dealkylation sites (N-methyl/N-ethyl adjacent to an activating group) is 1. The molecule has 4 nitrogen and oxygen atoms in total. The molecule has 0 aliphatic carbocycles. The van der Waals surface area contributed by atoms with Crippen molar-refractivity contribution in [3.05, 3.63) is 35.9 Å². The van der Waals surface area contributed by atoms with Gasteiger partial charge in [-0.3, -0.25) is 4.79 Å². The highest BCUT2D eigenvalue weighted by atomic mass is 16.4. The minimum Gasteiger partial charge on any atom is -0.480 e. The molecule has 4 heteroatoms. The van der Waals surface area contributed by atoms with Gasteiger partial charge in [0.25, 0.3) is 0 Å². The number of hydrogen-bond donors (Lipinski definition) is 2. The van der Waals surface area contributed by atoms with Crippen LogP contribution in [0.3, 0.4) is 0 Å². The van der Waals surface area contributed by atoms with Crippen molar-refractivity contribution >= 4 is 5.97 Å². The second-order valence-corrected chi connectivity index (χ2v) is 5.49. The molecule has 1 heterocycles. The Balaban J connectivity index is 1.83. The lowest BCUT2D eigenvalue weighted by Gasteiger charge is -2.39. The number of rotatable bonds is 6. The fourth-order valence-electron chi connectivity index (χ4n) is 2.89. The summed E-state index contributed by atoms with van der Waals surface area (Å²) in [6.07, 6.45) is 2.40. The monoisotopic (exact) mass is 276 g/mol. The van der Waals surface area contributed by atoms with Crippen LogP contribution in [0.1, 0.15) is 25.3 Å². The normalized spacial score (nSPS) is 18.9. The molecular formula is C16H24N2O2. The maximum atomic E-state index is 11.5. The Bertz CT molecular complexity index is 425. The van der Waals surface area contributed by atoms with Crippen molar-refractivity contribution in [1.29, 1.82) is 0 Å². The highest BCUT2D eigenvalue weighted by molar-refractivity contribution is 5.79. The van der Waals surface area contributed by atoms with Gasteiger partial charge in [0.1, 0.15) is 5.54 Å². The number of hydrogen-bond acceptors (Lipinski definition) is 3. The van der Waals surface area contributed by atoms with Crippen molar-refractivity contribution in [3.8, 4) is 0 Å². The molecule has 2 rings (SSSR count). The molecule has 1 fully saturated rings. The van der Waals surface area contributed by atoms with Crippen molar-refractivity contribution in [3.63, 3.8) is 0 Å². The van der Waals surface area contributed by atoms with E-state index in [9.17, 15) is 9.90 Å². The molecule has 2 N–H and O–H groups in total. The van der Waals surface area contributed by atoms with Crippen LogP contribution in [-0.2, 0) is 11.2 Å². The molecule has 20 heavy (non-hydrogen) atoms. The standard InChI is InChI=1S/C16H24N2O2/c1-2-17-16(15(19)20)9-12-18(13-10-16)11-8-14-6-4-3-5-7-14/h3-7,17H,2,8-13H2,1H3,(H,19,20). The molecule has 0 spiro atoms. The number of carboxylic acid groups (broad SMARTS) is 1. The molecule has 1 aromatic carbocycles. The van der Waals surface area contributed by atoms with Crippen LogP contribution in [0.5, 0.6) is 0 Å². The van der Waals surface area contributed by atoms with E-state index in [-0.39, 0.29) is 0 Å². The Labute approximate surface area is 120 Å². The van der Waals surface area contributed by atoms with Crippen LogP contribution in [-0.4, -0.2) is 47.7 Å². The molecule has 0 radical (unpaired) electrons. The number of carbonyl (C=O) groups is 1. The third-order valence-corrected chi connectivity index (χ3v) is 4.19. The highest BCUT2D eigenvalue weighted by Gasteiger charge is 2.40. The van der Waals surface area contributed by atoms with E-state index >= 15 is 0 Å². The summed E-state index contributed by atoms with van der Waals surface area (Å²) in [5.74, 6) is -0.706. The molecule has 110 valence electrons. The lowest BCUT2D eigenvalue weighted by Crippen LogP contribution is -2.58. The minimum atomic E-state index is -0.710. The van der Waals surface area contributed by atoms with Gasteiger partial charge in [0.15, 0.2) is 0 Å². The van der Waals surface area contributed by atoms with Crippen LogP contribution in [0.25, 0.3) is 0 Å². The fourth-order valence-corrected chi connectivity index (χ4v) is 2.89. The van der Waals surface area contributed by atoms with E-state index in [0.29, 0.717) is 19.4 Å². The Kier molecular flexibility index (Phi) is 5.15. The lowest BCUT2D eigenvalue weighted by atomic mass is 9.87. The van der Waals surface area contributed by atoms with Gasteiger partial charge in [-0.1, -0.05) is 37.3 Å². The summed E-state index contributed by atoms with van der Waals surface area (Å²) >= 11 is 0. The number of aliphatic carboxylic acids is 1. The average molecular weight is 276 g/mol. The topological polar surface area (TPSA) is 52.6 Å². The summed E-state index contributed by atoms with van der Waals surface area (Å²) < 4.78 is 0. The van der Waals surface area contributed by atoms with E-state index < -0.39 is 11.5 Å². The number of benzene rings is 1. The molecule has 0 saturated carbocycles. The van der Waals surface area contributed by atoms with Gasteiger partial charge in [-0.25, -0.2) is 0 Å². The quantitative estimate of drug-likeness (QED) is 0.831. The van der Waals surface area contributed by atoms with Gasteiger partial charge in [-0.2, -0.15) is 0 Å². The predicted octanol–water partition coefficient (Wildman–Crippen LogP) is 1.76. The molecule has 0 unspecified atom stereocenters. The molecule has 0 atom stereocenters. The lowest BCUT2D eigenvalue weighted by molar-refractivity contribution is -0.147. The molecular weight excluding hydrogens is 252 g/mol. The summed E-state index contributed by atoms with van der Waals surface area (Å²) in [6.45, 7) is 5.38.